The lowest BCUT2D eigenvalue weighted by Crippen LogP contribution is -2.30. The van der Waals surface area contributed by atoms with Crippen LogP contribution in [0.3, 0.4) is 0 Å². The minimum absolute atomic E-state index is 0.106. The second-order valence-corrected chi connectivity index (χ2v) is 17.1. The van der Waals surface area contributed by atoms with E-state index in [1.807, 2.05) is 0 Å². The van der Waals surface area contributed by atoms with E-state index in [4.69, 9.17) is 14.2 Å². The van der Waals surface area contributed by atoms with Gasteiger partial charge in [-0.1, -0.05) is 219 Å². The molecule has 0 heterocycles. The summed E-state index contributed by atoms with van der Waals surface area (Å²) in [5.74, 6) is -1.00. The number of hydrogen-bond acceptors (Lipinski definition) is 6. The maximum Gasteiger partial charge on any atom is 0.306 e. The van der Waals surface area contributed by atoms with Crippen LogP contribution in [0.4, 0.5) is 0 Å². The van der Waals surface area contributed by atoms with Crippen LogP contribution in [-0.2, 0) is 28.6 Å². The van der Waals surface area contributed by atoms with E-state index in [-0.39, 0.29) is 37.5 Å². The fourth-order valence-corrected chi connectivity index (χ4v) is 6.63. The number of ether oxygens (including phenoxy) is 3. The summed E-state index contributed by atoms with van der Waals surface area (Å²) in [5.41, 5.74) is 0. The number of carbonyl (C=O) groups is 3. The molecule has 0 aliphatic heterocycles. The number of rotatable bonds is 46. The van der Waals surface area contributed by atoms with E-state index in [0.29, 0.717) is 19.3 Å². The van der Waals surface area contributed by atoms with E-state index < -0.39 is 6.10 Å². The Hall–Kier alpha value is -4.45. The normalized spacial score (nSPS) is 13.2. The SMILES string of the molecule is CC/C=C\C/C=C\C/C=C\C/C=C\C/C=C\C/C=C\C/C=C\C/C=C\C/C=C\CCCC(=O)OCC(COC(=O)CCCCCCCC)OC(=O)CCCCCCC/C=C\C/C=C\CCCC. The first-order valence-electron chi connectivity index (χ1n) is 26.7. The molecule has 0 bridgehead atoms. The van der Waals surface area contributed by atoms with Crippen LogP contribution in [0.15, 0.2) is 134 Å². The molecular formula is C61H96O6. The van der Waals surface area contributed by atoms with Crippen molar-refractivity contribution in [1.29, 1.82) is 0 Å². The highest BCUT2D eigenvalue weighted by Crippen LogP contribution is 2.12. The number of allylic oxidation sites excluding steroid dienone is 22. The van der Waals surface area contributed by atoms with Gasteiger partial charge < -0.3 is 14.2 Å². The summed E-state index contributed by atoms with van der Waals surface area (Å²) < 4.78 is 16.6. The van der Waals surface area contributed by atoms with Crippen LogP contribution in [0.25, 0.3) is 0 Å². The highest BCUT2D eigenvalue weighted by atomic mass is 16.6. The average Bonchev–Trinajstić information content (AvgIpc) is 3.33. The van der Waals surface area contributed by atoms with Gasteiger partial charge in [0.1, 0.15) is 13.2 Å². The lowest BCUT2D eigenvalue weighted by atomic mass is 10.1. The monoisotopic (exact) mass is 925 g/mol. The van der Waals surface area contributed by atoms with E-state index in [0.717, 1.165) is 128 Å². The summed E-state index contributed by atoms with van der Waals surface area (Å²) in [6.45, 7) is 6.33. The van der Waals surface area contributed by atoms with Crippen molar-refractivity contribution < 1.29 is 28.6 Å². The molecule has 1 atom stereocenters. The first kappa shape index (κ1) is 62.5. The van der Waals surface area contributed by atoms with Crippen LogP contribution in [0.2, 0.25) is 0 Å². The van der Waals surface area contributed by atoms with Gasteiger partial charge in [-0.3, -0.25) is 14.4 Å². The fraction of sp³-hybridized carbons (Fsp3) is 0.590. The zero-order valence-corrected chi connectivity index (χ0v) is 42.9. The molecule has 0 aromatic heterocycles. The maximum atomic E-state index is 12.7. The summed E-state index contributed by atoms with van der Waals surface area (Å²) in [5, 5.41) is 0. The van der Waals surface area contributed by atoms with E-state index in [1.165, 1.54) is 38.5 Å². The Morgan fingerprint density at radius 2 is 0.612 bits per heavy atom. The van der Waals surface area contributed by atoms with Crippen molar-refractivity contribution in [1.82, 2.24) is 0 Å². The van der Waals surface area contributed by atoms with E-state index in [9.17, 15) is 14.4 Å². The van der Waals surface area contributed by atoms with Crippen LogP contribution in [0, 0.1) is 0 Å². The number of hydrogen-bond donors (Lipinski definition) is 0. The molecule has 0 saturated carbocycles. The zero-order valence-electron chi connectivity index (χ0n) is 42.9. The topological polar surface area (TPSA) is 78.9 Å². The minimum atomic E-state index is -0.809. The Kier molecular flexibility index (Phi) is 50.6. The average molecular weight is 925 g/mol. The standard InChI is InChI=1S/C61H96O6/c1-4-7-10-13-16-18-20-22-24-25-26-27-28-29-30-31-32-33-34-35-36-37-38-40-41-43-45-48-51-54-60(63)66-57-58(56-65-59(62)53-50-47-15-12-9-6-3)67-61(64)55-52-49-46-44-42-39-23-21-19-17-14-11-8-5-2/h7,10,14,16-18,21-24,26-27,29-30,32-33,35-36,38,40,43,45,58H,4-6,8-9,11-13,15,19-20,25,28,31,34,37,39,41-42,44,46-57H2,1-3H3/b10-7-,17-14-,18-16-,23-21-,24-22-,27-26-,30-29-,33-32-,36-35-,40-38-,45-43-. The van der Waals surface area contributed by atoms with Gasteiger partial charge in [-0.2, -0.15) is 0 Å². The van der Waals surface area contributed by atoms with Gasteiger partial charge in [-0.25, -0.2) is 0 Å². The van der Waals surface area contributed by atoms with Crippen LogP contribution >= 0.6 is 0 Å². The van der Waals surface area contributed by atoms with Crippen molar-refractivity contribution in [2.45, 2.75) is 219 Å². The molecule has 0 amide bonds. The Bertz CT molecular complexity index is 1480. The summed E-state index contributed by atoms with van der Waals surface area (Å²) in [6, 6.07) is 0. The van der Waals surface area contributed by atoms with Crippen molar-refractivity contribution in [2.24, 2.45) is 0 Å². The molecule has 6 heteroatoms. The van der Waals surface area contributed by atoms with Crippen molar-refractivity contribution in [3.05, 3.63) is 134 Å². The van der Waals surface area contributed by atoms with Gasteiger partial charge in [0.15, 0.2) is 6.10 Å². The molecule has 67 heavy (non-hydrogen) atoms. The largest absolute Gasteiger partial charge is 0.462 e. The van der Waals surface area contributed by atoms with E-state index in [1.54, 1.807) is 0 Å². The Labute approximate surface area is 411 Å². The second-order valence-electron chi connectivity index (χ2n) is 17.1. The van der Waals surface area contributed by atoms with Gasteiger partial charge in [0.05, 0.1) is 0 Å². The third-order valence-corrected chi connectivity index (χ3v) is 10.6. The lowest BCUT2D eigenvalue weighted by Gasteiger charge is -2.18. The Morgan fingerprint density at radius 3 is 1.01 bits per heavy atom. The molecule has 0 radical (unpaired) electrons. The van der Waals surface area contributed by atoms with Gasteiger partial charge in [0, 0.05) is 19.3 Å². The molecule has 0 fully saturated rings. The van der Waals surface area contributed by atoms with Crippen LogP contribution in [0.5, 0.6) is 0 Å². The summed E-state index contributed by atoms with van der Waals surface area (Å²) >= 11 is 0. The molecule has 0 aliphatic carbocycles. The Morgan fingerprint density at radius 1 is 0.313 bits per heavy atom. The molecule has 0 aromatic rings. The first-order valence-corrected chi connectivity index (χ1v) is 26.7. The third-order valence-electron chi connectivity index (χ3n) is 10.6. The van der Waals surface area contributed by atoms with Crippen LogP contribution < -0.4 is 0 Å². The number of unbranched alkanes of at least 4 members (excludes halogenated alkanes) is 13. The molecule has 6 nitrogen and oxygen atoms in total. The summed E-state index contributed by atoms with van der Waals surface area (Å²) in [6.07, 6.45) is 76.2. The molecule has 0 aliphatic rings. The number of carbonyl (C=O) groups excluding carboxylic acids is 3. The Balaban J connectivity index is 4.30. The van der Waals surface area contributed by atoms with Crippen molar-refractivity contribution >= 4 is 17.9 Å². The highest BCUT2D eigenvalue weighted by Gasteiger charge is 2.19. The summed E-state index contributed by atoms with van der Waals surface area (Å²) in [4.78, 5) is 37.7. The minimum Gasteiger partial charge on any atom is -0.462 e. The molecule has 1 unspecified atom stereocenters. The van der Waals surface area contributed by atoms with Crippen LogP contribution in [0.1, 0.15) is 213 Å². The van der Waals surface area contributed by atoms with Crippen molar-refractivity contribution in [2.75, 3.05) is 13.2 Å². The van der Waals surface area contributed by atoms with Crippen LogP contribution in [-0.4, -0.2) is 37.2 Å². The molecule has 0 aromatic carbocycles. The van der Waals surface area contributed by atoms with Gasteiger partial charge in [-0.05, 0) is 109 Å². The molecule has 0 saturated heterocycles. The van der Waals surface area contributed by atoms with Gasteiger partial charge >= 0.3 is 17.9 Å². The first-order chi connectivity index (χ1) is 33.0. The molecular weight excluding hydrogens is 829 g/mol. The van der Waals surface area contributed by atoms with Gasteiger partial charge in [-0.15, -0.1) is 0 Å². The highest BCUT2D eigenvalue weighted by molar-refractivity contribution is 5.71. The van der Waals surface area contributed by atoms with E-state index in [2.05, 4.69) is 154 Å². The number of esters is 3. The smallest absolute Gasteiger partial charge is 0.306 e. The van der Waals surface area contributed by atoms with Crippen molar-refractivity contribution in [3.8, 4) is 0 Å². The zero-order chi connectivity index (χ0) is 48.6. The lowest BCUT2D eigenvalue weighted by molar-refractivity contribution is -0.167. The molecule has 0 rings (SSSR count). The van der Waals surface area contributed by atoms with Gasteiger partial charge in [0.25, 0.3) is 0 Å². The second kappa shape index (κ2) is 54.2. The summed E-state index contributed by atoms with van der Waals surface area (Å²) in [7, 11) is 0. The fourth-order valence-electron chi connectivity index (χ4n) is 6.63. The predicted octanol–water partition coefficient (Wildman–Crippen LogP) is 17.9. The molecule has 0 spiro atoms. The van der Waals surface area contributed by atoms with E-state index >= 15 is 0 Å². The third kappa shape index (κ3) is 52.4. The maximum absolute atomic E-state index is 12.7. The van der Waals surface area contributed by atoms with Crippen molar-refractivity contribution in [3.63, 3.8) is 0 Å². The quantitative estimate of drug-likeness (QED) is 0.0262. The van der Waals surface area contributed by atoms with Gasteiger partial charge in [0.2, 0.25) is 0 Å². The molecule has 0 N–H and O–H groups in total. The molecule has 376 valence electrons. The predicted molar refractivity (Wildman–Crippen MR) is 288 cm³/mol.